The Balaban J connectivity index is 1.65. The minimum absolute atomic E-state index is 0.253. The van der Waals surface area contributed by atoms with Gasteiger partial charge in [-0.3, -0.25) is 9.97 Å². The number of halogens is 1. The molecule has 33 heavy (non-hydrogen) atoms. The molecular weight excluding hydrogens is 435 g/mol. The zero-order valence-electron chi connectivity index (χ0n) is 17.6. The van der Waals surface area contributed by atoms with Crippen molar-refractivity contribution < 1.29 is 4.39 Å². The van der Waals surface area contributed by atoms with Crippen LogP contribution >= 0.6 is 11.3 Å². The molecule has 4 aromatic heterocycles. The minimum atomic E-state index is -0.570. The number of benzene rings is 1. The van der Waals surface area contributed by atoms with Crippen LogP contribution in [0.5, 0.6) is 0 Å². The second-order valence-electron chi connectivity index (χ2n) is 7.74. The van der Waals surface area contributed by atoms with Crippen molar-refractivity contribution in [3.05, 3.63) is 95.8 Å². The third-order valence-electron chi connectivity index (χ3n) is 5.52. The molecule has 0 aliphatic rings. The first-order valence-electron chi connectivity index (χ1n) is 10.5. The van der Waals surface area contributed by atoms with Crippen LogP contribution in [-0.2, 0) is 6.42 Å². The van der Waals surface area contributed by atoms with Gasteiger partial charge in [0.25, 0.3) is 0 Å². The van der Waals surface area contributed by atoms with Gasteiger partial charge in [-0.2, -0.15) is 0 Å². The molecule has 0 radical (unpaired) electrons. The molecule has 0 spiro atoms. The standard InChI is InChI=1S/C25H21FN6S/c26-19-13-30-10-8-17(19)25-31-22-18(16-7-4-9-29-12-16)14-33-24(22)23(32-25)21(28)20(27)11-15-5-2-1-3-6-15/h1-10,12-14,20-21H,11,27-28H2. The normalized spacial score (nSPS) is 13.2. The Hall–Kier alpha value is -3.59. The van der Waals surface area contributed by atoms with Gasteiger partial charge < -0.3 is 11.5 Å². The molecule has 164 valence electrons. The number of fused-ring (bicyclic) bond motifs is 1. The van der Waals surface area contributed by atoms with Crippen LogP contribution in [0, 0.1) is 5.82 Å². The average Bonchev–Trinajstić information content (AvgIpc) is 3.28. The summed E-state index contributed by atoms with van der Waals surface area (Å²) in [5, 5.41) is 2.00. The minimum Gasteiger partial charge on any atom is -0.326 e. The molecule has 0 aliphatic heterocycles. The van der Waals surface area contributed by atoms with Gasteiger partial charge in [0, 0.05) is 41.1 Å². The Labute approximate surface area is 194 Å². The monoisotopic (exact) mass is 456 g/mol. The fourth-order valence-electron chi connectivity index (χ4n) is 3.79. The van der Waals surface area contributed by atoms with Crippen LogP contribution < -0.4 is 11.5 Å². The third kappa shape index (κ3) is 4.23. The quantitative estimate of drug-likeness (QED) is 0.389. The molecule has 0 fully saturated rings. The van der Waals surface area contributed by atoms with Gasteiger partial charge >= 0.3 is 0 Å². The molecule has 8 heteroatoms. The molecule has 0 bridgehead atoms. The molecule has 5 aromatic rings. The predicted octanol–water partition coefficient (Wildman–Crippen LogP) is 4.52. The lowest BCUT2D eigenvalue weighted by atomic mass is 9.97. The van der Waals surface area contributed by atoms with E-state index in [4.69, 9.17) is 21.4 Å². The molecule has 4 N–H and O–H groups in total. The summed E-state index contributed by atoms with van der Waals surface area (Å²) in [6.07, 6.45) is 6.75. The SMILES string of the molecule is NC(Cc1ccccc1)C(N)c1nc(-c2ccncc2F)nc2c(-c3cccnc3)csc12. The molecule has 0 saturated heterocycles. The molecule has 2 atom stereocenters. The van der Waals surface area contributed by atoms with Gasteiger partial charge in [-0.25, -0.2) is 14.4 Å². The molecule has 4 heterocycles. The van der Waals surface area contributed by atoms with Crippen molar-refractivity contribution >= 4 is 21.6 Å². The van der Waals surface area contributed by atoms with Crippen LogP contribution in [0.3, 0.4) is 0 Å². The van der Waals surface area contributed by atoms with Gasteiger partial charge in [0.15, 0.2) is 11.6 Å². The number of thiophene rings is 1. The molecule has 0 amide bonds. The summed E-state index contributed by atoms with van der Waals surface area (Å²) in [7, 11) is 0. The lowest BCUT2D eigenvalue weighted by Crippen LogP contribution is -2.36. The van der Waals surface area contributed by atoms with E-state index >= 15 is 0 Å². The number of aromatic nitrogens is 4. The fraction of sp³-hybridized carbons (Fsp3) is 0.120. The first-order valence-corrected chi connectivity index (χ1v) is 11.3. The van der Waals surface area contributed by atoms with E-state index in [9.17, 15) is 4.39 Å². The predicted molar refractivity (Wildman–Crippen MR) is 129 cm³/mol. The van der Waals surface area contributed by atoms with Crippen LogP contribution in [0.4, 0.5) is 4.39 Å². The zero-order chi connectivity index (χ0) is 22.8. The maximum absolute atomic E-state index is 14.6. The zero-order valence-corrected chi connectivity index (χ0v) is 18.4. The van der Waals surface area contributed by atoms with E-state index in [1.54, 1.807) is 18.5 Å². The fourth-order valence-corrected chi connectivity index (χ4v) is 4.84. The van der Waals surface area contributed by atoms with Gasteiger partial charge in [-0.15, -0.1) is 11.3 Å². The largest absolute Gasteiger partial charge is 0.326 e. The number of nitrogens with two attached hydrogens (primary N) is 2. The number of hydrogen-bond acceptors (Lipinski definition) is 7. The molecule has 6 nitrogen and oxygen atoms in total. The summed E-state index contributed by atoms with van der Waals surface area (Å²) in [5.41, 5.74) is 17.7. The van der Waals surface area contributed by atoms with Crippen molar-refractivity contribution in [1.29, 1.82) is 0 Å². The number of hydrogen-bond donors (Lipinski definition) is 2. The van der Waals surface area contributed by atoms with Crippen LogP contribution in [0.15, 0.2) is 78.7 Å². The van der Waals surface area contributed by atoms with E-state index in [0.717, 1.165) is 27.6 Å². The highest BCUT2D eigenvalue weighted by Gasteiger charge is 2.25. The number of nitrogens with zero attached hydrogens (tertiary/aromatic N) is 4. The van der Waals surface area contributed by atoms with Crippen molar-refractivity contribution in [2.45, 2.75) is 18.5 Å². The van der Waals surface area contributed by atoms with E-state index < -0.39 is 11.9 Å². The van der Waals surface area contributed by atoms with Crippen molar-refractivity contribution in [3.8, 4) is 22.5 Å². The van der Waals surface area contributed by atoms with Gasteiger partial charge in [-0.1, -0.05) is 36.4 Å². The lowest BCUT2D eigenvalue weighted by molar-refractivity contribution is 0.536. The average molecular weight is 457 g/mol. The van der Waals surface area contributed by atoms with Crippen molar-refractivity contribution in [1.82, 2.24) is 19.9 Å². The molecule has 2 unspecified atom stereocenters. The number of rotatable bonds is 6. The van der Waals surface area contributed by atoms with Crippen LogP contribution in [0.25, 0.3) is 32.7 Å². The van der Waals surface area contributed by atoms with Crippen LogP contribution in [0.1, 0.15) is 17.3 Å². The van der Waals surface area contributed by atoms with Crippen molar-refractivity contribution in [2.24, 2.45) is 11.5 Å². The van der Waals surface area contributed by atoms with Crippen molar-refractivity contribution in [2.75, 3.05) is 0 Å². The van der Waals surface area contributed by atoms with Gasteiger partial charge in [0.2, 0.25) is 0 Å². The number of pyridine rings is 2. The Bertz CT molecular complexity index is 1390. The highest BCUT2D eigenvalue weighted by atomic mass is 32.1. The Morgan fingerprint density at radius 2 is 1.70 bits per heavy atom. The summed E-state index contributed by atoms with van der Waals surface area (Å²) in [4.78, 5) is 17.5. The highest BCUT2D eigenvalue weighted by molar-refractivity contribution is 7.17. The second-order valence-corrected chi connectivity index (χ2v) is 8.62. The summed E-state index contributed by atoms with van der Waals surface area (Å²) in [5.74, 6) is -0.244. The van der Waals surface area contributed by atoms with E-state index in [1.807, 2.05) is 47.8 Å². The van der Waals surface area contributed by atoms with Crippen LogP contribution in [-0.4, -0.2) is 26.0 Å². The molecule has 5 rings (SSSR count). The molecule has 0 aliphatic carbocycles. The maximum atomic E-state index is 14.6. The molecule has 1 aromatic carbocycles. The van der Waals surface area contributed by atoms with E-state index in [0.29, 0.717) is 17.6 Å². The topological polar surface area (TPSA) is 104 Å². The molecular formula is C25H21FN6S. The van der Waals surface area contributed by atoms with Gasteiger partial charge in [0.05, 0.1) is 33.7 Å². The summed E-state index contributed by atoms with van der Waals surface area (Å²) < 4.78 is 15.4. The Kier molecular flexibility index (Phi) is 5.87. The van der Waals surface area contributed by atoms with E-state index in [2.05, 4.69) is 9.97 Å². The van der Waals surface area contributed by atoms with Gasteiger partial charge in [0.1, 0.15) is 0 Å². The Morgan fingerprint density at radius 1 is 0.879 bits per heavy atom. The smallest absolute Gasteiger partial charge is 0.163 e. The maximum Gasteiger partial charge on any atom is 0.163 e. The van der Waals surface area contributed by atoms with Gasteiger partial charge in [-0.05, 0) is 24.1 Å². The Morgan fingerprint density at radius 3 is 2.45 bits per heavy atom. The summed E-state index contributed by atoms with van der Waals surface area (Å²) >= 11 is 1.50. The molecule has 0 saturated carbocycles. The first kappa shape index (κ1) is 21.3. The first-order chi connectivity index (χ1) is 16.1. The summed E-state index contributed by atoms with van der Waals surface area (Å²) in [6.45, 7) is 0. The van der Waals surface area contributed by atoms with Crippen LogP contribution in [0.2, 0.25) is 0 Å². The third-order valence-corrected chi connectivity index (χ3v) is 6.51. The highest BCUT2D eigenvalue weighted by Crippen LogP contribution is 2.37. The summed E-state index contributed by atoms with van der Waals surface area (Å²) in [6, 6.07) is 14.4. The van der Waals surface area contributed by atoms with Crippen molar-refractivity contribution in [3.63, 3.8) is 0 Å². The van der Waals surface area contributed by atoms with E-state index in [1.165, 1.54) is 17.5 Å². The lowest BCUT2D eigenvalue weighted by Gasteiger charge is -2.21. The van der Waals surface area contributed by atoms with E-state index in [-0.39, 0.29) is 17.4 Å². The second kappa shape index (κ2) is 9.11.